The summed E-state index contributed by atoms with van der Waals surface area (Å²) in [6, 6.07) is 4.76. The second-order valence-electron chi connectivity index (χ2n) is 6.03. The fourth-order valence-corrected chi connectivity index (χ4v) is 2.86. The van der Waals surface area contributed by atoms with Crippen molar-refractivity contribution in [1.29, 1.82) is 0 Å². The lowest BCUT2D eigenvalue weighted by molar-refractivity contribution is -0.137. The maximum Gasteiger partial charge on any atom is 0.417 e. The van der Waals surface area contributed by atoms with Crippen molar-refractivity contribution in [3.63, 3.8) is 0 Å². The number of hydrogen-bond acceptors (Lipinski definition) is 6. The summed E-state index contributed by atoms with van der Waals surface area (Å²) in [7, 11) is 1.75. The lowest BCUT2D eigenvalue weighted by atomic mass is 10.2. The van der Waals surface area contributed by atoms with Crippen LogP contribution >= 0.6 is 11.6 Å². The Kier molecular flexibility index (Phi) is 4.42. The Hall–Kier alpha value is -3.14. The fraction of sp³-hybridized carbons (Fsp3) is 0.176. The zero-order valence-corrected chi connectivity index (χ0v) is 15.1. The van der Waals surface area contributed by atoms with Crippen molar-refractivity contribution < 1.29 is 17.6 Å². The molecule has 0 N–H and O–H groups in total. The number of halogens is 4. The van der Waals surface area contributed by atoms with Crippen LogP contribution in [0.5, 0.6) is 0 Å². The van der Waals surface area contributed by atoms with Gasteiger partial charge in [0, 0.05) is 38.4 Å². The molecule has 0 saturated carbocycles. The van der Waals surface area contributed by atoms with Crippen molar-refractivity contribution >= 4 is 23.3 Å². The molecular formula is C17H12ClF3N6O. The van der Waals surface area contributed by atoms with Gasteiger partial charge in [-0.05, 0) is 17.7 Å². The molecule has 0 spiro atoms. The minimum atomic E-state index is -4.54. The molecule has 144 valence electrons. The van der Waals surface area contributed by atoms with Gasteiger partial charge in [0.25, 0.3) is 5.89 Å². The van der Waals surface area contributed by atoms with E-state index in [1.165, 1.54) is 0 Å². The first-order valence-electron chi connectivity index (χ1n) is 8.00. The Morgan fingerprint density at radius 1 is 1.21 bits per heavy atom. The molecule has 0 atom stereocenters. The molecule has 11 heteroatoms. The van der Waals surface area contributed by atoms with E-state index in [2.05, 4.69) is 20.2 Å². The van der Waals surface area contributed by atoms with Gasteiger partial charge in [0.15, 0.2) is 0 Å². The monoisotopic (exact) mass is 408 g/mol. The number of aromatic nitrogens is 5. The Bertz CT molecular complexity index is 1140. The Labute approximate surface area is 161 Å². The van der Waals surface area contributed by atoms with E-state index in [0.717, 1.165) is 17.3 Å². The summed E-state index contributed by atoms with van der Waals surface area (Å²) in [5.41, 5.74) is 0.836. The van der Waals surface area contributed by atoms with Crippen molar-refractivity contribution in [3.8, 4) is 11.6 Å². The number of nitrogens with zero attached hydrogens (tertiary/aromatic N) is 6. The molecule has 0 bridgehead atoms. The minimum absolute atomic E-state index is 0.0124. The topological polar surface area (TPSA) is 72.4 Å². The van der Waals surface area contributed by atoms with Crippen LogP contribution in [0.4, 0.5) is 19.2 Å². The molecular weight excluding hydrogens is 397 g/mol. The summed E-state index contributed by atoms with van der Waals surface area (Å²) in [5.74, 6) is -0.0642. The Morgan fingerprint density at radius 2 is 2.04 bits per heavy atom. The van der Waals surface area contributed by atoms with E-state index in [1.807, 2.05) is 28.9 Å². The predicted molar refractivity (Wildman–Crippen MR) is 94.8 cm³/mol. The van der Waals surface area contributed by atoms with Gasteiger partial charge in [-0.2, -0.15) is 13.2 Å². The molecule has 4 rings (SSSR count). The summed E-state index contributed by atoms with van der Waals surface area (Å²) in [6.07, 6.45) is 1.60. The summed E-state index contributed by atoms with van der Waals surface area (Å²) < 4.78 is 45.6. The third kappa shape index (κ3) is 3.50. The van der Waals surface area contributed by atoms with Crippen molar-refractivity contribution in [3.05, 3.63) is 59.1 Å². The van der Waals surface area contributed by atoms with E-state index in [0.29, 0.717) is 12.7 Å². The van der Waals surface area contributed by atoms with Crippen LogP contribution in [0.15, 0.2) is 47.4 Å². The maximum absolute atomic E-state index is 12.7. The molecule has 28 heavy (non-hydrogen) atoms. The molecule has 0 radical (unpaired) electrons. The minimum Gasteiger partial charge on any atom is -0.401 e. The number of hydrogen-bond donors (Lipinski definition) is 0. The predicted octanol–water partition coefficient (Wildman–Crippen LogP) is 4.09. The van der Waals surface area contributed by atoms with Gasteiger partial charge in [0.05, 0.1) is 10.6 Å². The molecule has 0 saturated heterocycles. The highest BCUT2D eigenvalue weighted by Gasteiger charge is 2.32. The lowest BCUT2D eigenvalue weighted by Crippen LogP contribution is -2.17. The molecule has 0 aliphatic rings. The van der Waals surface area contributed by atoms with Crippen LogP contribution in [0, 0.1) is 0 Å². The average molecular weight is 409 g/mol. The normalized spacial score (nSPS) is 11.9. The van der Waals surface area contributed by atoms with Crippen LogP contribution in [-0.4, -0.2) is 31.6 Å². The summed E-state index contributed by atoms with van der Waals surface area (Å²) >= 11 is 5.92. The van der Waals surface area contributed by atoms with Gasteiger partial charge < -0.3 is 13.7 Å². The van der Waals surface area contributed by atoms with Gasteiger partial charge in [-0.3, -0.25) is 0 Å². The second kappa shape index (κ2) is 6.79. The highest BCUT2D eigenvalue weighted by molar-refractivity contribution is 6.32. The van der Waals surface area contributed by atoms with E-state index >= 15 is 0 Å². The van der Waals surface area contributed by atoms with E-state index in [-0.39, 0.29) is 22.6 Å². The van der Waals surface area contributed by atoms with Crippen LogP contribution in [0.2, 0.25) is 5.02 Å². The quantitative estimate of drug-likeness (QED) is 0.506. The third-order valence-corrected chi connectivity index (χ3v) is 4.27. The number of rotatable bonds is 4. The first-order valence-corrected chi connectivity index (χ1v) is 8.38. The van der Waals surface area contributed by atoms with Gasteiger partial charge in [-0.25, -0.2) is 9.97 Å². The molecule has 0 aromatic carbocycles. The molecule has 0 amide bonds. The first kappa shape index (κ1) is 18.2. The van der Waals surface area contributed by atoms with Gasteiger partial charge in [0.1, 0.15) is 11.3 Å². The average Bonchev–Trinajstić information content (AvgIpc) is 3.30. The Morgan fingerprint density at radius 3 is 2.79 bits per heavy atom. The number of imidazole rings is 1. The van der Waals surface area contributed by atoms with Crippen molar-refractivity contribution in [1.82, 2.24) is 24.6 Å². The number of fused-ring (bicyclic) bond motifs is 1. The summed E-state index contributed by atoms with van der Waals surface area (Å²) in [5, 5.41) is 7.54. The van der Waals surface area contributed by atoms with Crippen LogP contribution in [0.3, 0.4) is 0 Å². The van der Waals surface area contributed by atoms with Gasteiger partial charge in [-0.1, -0.05) is 22.8 Å². The van der Waals surface area contributed by atoms with E-state index < -0.39 is 11.7 Å². The molecule has 4 aromatic rings. The zero-order valence-electron chi connectivity index (χ0n) is 14.4. The molecule has 0 aliphatic carbocycles. The summed E-state index contributed by atoms with van der Waals surface area (Å²) in [4.78, 5) is 9.61. The molecule has 4 aromatic heterocycles. The van der Waals surface area contributed by atoms with Crippen molar-refractivity contribution in [2.45, 2.75) is 12.7 Å². The second-order valence-corrected chi connectivity index (χ2v) is 6.44. The van der Waals surface area contributed by atoms with Crippen LogP contribution in [-0.2, 0) is 12.7 Å². The lowest BCUT2D eigenvalue weighted by Gasteiger charge is -2.14. The Balaban J connectivity index is 1.55. The molecule has 4 heterocycles. The molecule has 0 fully saturated rings. The van der Waals surface area contributed by atoms with Gasteiger partial charge in [0.2, 0.25) is 0 Å². The fourth-order valence-electron chi connectivity index (χ4n) is 2.62. The zero-order chi connectivity index (χ0) is 19.9. The van der Waals surface area contributed by atoms with Crippen LogP contribution in [0.25, 0.3) is 17.2 Å². The third-order valence-electron chi connectivity index (χ3n) is 3.98. The molecule has 7 nitrogen and oxygen atoms in total. The SMILES string of the molecule is CN(Cc1ccc2nccn2c1)c1nnc(-c2ncc(C(F)(F)F)cc2Cl)o1. The number of anilines is 1. The highest BCUT2D eigenvalue weighted by atomic mass is 35.5. The number of alkyl halides is 3. The van der Waals surface area contributed by atoms with Crippen molar-refractivity contribution in [2.24, 2.45) is 0 Å². The molecule has 0 aliphatic heterocycles. The largest absolute Gasteiger partial charge is 0.417 e. The summed E-state index contributed by atoms with van der Waals surface area (Å²) in [6.45, 7) is 0.462. The standard InChI is InChI=1S/C17H12ClF3N6O/c1-26(8-10-2-3-13-22-4-5-27(13)9-10)16-25-24-15(28-16)14-12(18)6-11(7-23-14)17(19,20)21/h2-7,9H,8H2,1H3. The molecule has 0 unspecified atom stereocenters. The first-order chi connectivity index (χ1) is 13.3. The smallest absolute Gasteiger partial charge is 0.401 e. The van der Waals surface area contributed by atoms with Gasteiger partial charge >= 0.3 is 12.2 Å². The van der Waals surface area contributed by atoms with Crippen LogP contribution in [0.1, 0.15) is 11.1 Å². The van der Waals surface area contributed by atoms with Gasteiger partial charge in [-0.15, -0.1) is 5.10 Å². The maximum atomic E-state index is 12.7. The van der Waals surface area contributed by atoms with E-state index in [9.17, 15) is 13.2 Å². The van der Waals surface area contributed by atoms with E-state index in [4.69, 9.17) is 16.0 Å². The van der Waals surface area contributed by atoms with Crippen molar-refractivity contribution in [2.75, 3.05) is 11.9 Å². The number of pyridine rings is 2. The van der Waals surface area contributed by atoms with E-state index in [1.54, 1.807) is 18.1 Å². The highest BCUT2D eigenvalue weighted by Crippen LogP contribution is 2.34. The van der Waals surface area contributed by atoms with Crippen LogP contribution < -0.4 is 4.90 Å².